The lowest BCUT2D eigenvalue weighted by atomic mass is 9.76. The number of rotatable bonds is 5. The fourth-order valence-electron chi connectivity index (χ4n) is 3.53. The molecule has 1 saturated heterocycles. The Morgan fingerprint density at radius 3 is 2.54 bits per heavy atom. The number of aromatic nitrogens is 3. The highest BCUT2D eigenvalue weighted by molar-refractivity contribution is 5.82. The van der Waals surface area contributed by atoms with E-state index in [0.717, 1.165) is 11.4 Å². The minimum absolute atomic E-state index is 0.0292. The molecule has 2 aromatic rings. The molecule has 26 heavy (non-hydrogen) atoms. The Bertz CT molecular complexity index is 815. The summed E-state index contributed by atoms with van der Waals surface area (Å²) in [5.74, 6) is -0.954. The number of benzene rings is 1. The molecule has 0 radical (unpaired) electrons. The van der Waals surface area contributed by atoms with Gasteiger partial charge in [-0.3, -0.25) is 9.59 Å². The Kier molecular flexibility index (Phi) is 4.80. The van der Waals surface area contributed by atoms with Crippen molar-refractivity contribution < 1.29 is 14.7 Å². The Labute approximate surface area is 152 Å². The normalized spacial score (nSPS) is 19.9. The quantitative estimate of drug-likeness (QED) is 0.886. The van der Waals surface area contributed by atoms with Crippen molar-refractivity contribution in [1.82, 2.24) is 19.9 Å². The molecule has 7 heteroatoms. The highest BCUT2D eigenvalue weighted by Crippen LogP contribution is 2.38. The minimum atomic E-state index is -0.855. The second kappa shape index (κ2) is 6.90. The van der Waals surface area contributed by atoms with E-state index in [9.17, 15) is 14.7 Å². The molecule has 1 N–H and O–H groups in total. The number of para-hydroxylation sites is 1. The first kappa shape index (κ1) is 18.1. The fraction of sp³-hybridized carbons (Fsp3) is 0.474. The number of carbonyl (C=O) groups is 2. The lowest BCUT2D eigenvalue weighted by molar-refractivity contribution is -0.151. The highest BCUT2D eigenvalue weighted by Gasteiger charge is 2.48. The molecule has 0 spiro atoms. The molecule has 1 aromatic carbocycles. The summed E-state index contributed by atoms with van der Waals surface area (Å²) in [5, 5.41) is 17.9. The molecule has 3 rings (SSSR count). The fourth-order valence-corrected chi connectivity index (χ4v) is 3.53. The third-order valence-corrected chi connectivity index (χ3v) is 5.49. The van der Waals surface area contributed by atoms with Crippen LogP contribution < -0.4 is 0 Å². The molecule has 2 heterocycles. The van der Waals surface area contributed by atoms with E-state index in [2.05, 4.69) is 10.3 Å². The summed E-state index contributed by atoms with van der Waals surface area (Å²) in [7, 11) is 0. The second-order valence-electron chi connectivity index (χ2n) is 7.23. The Hall–Kier alpha value is -2.70. The molecule has 1 amide bonds. The number of likely N-dealkylation sites (tertiary alicyclic amines) is 1. The van der Waals surface area contributed by atoms with Gasteiger partial charge in [-0.2, -0.15) is 0 Å². The lowest BCUT2D eigenvalue weighted by Gasteiger charge is -2.28. The summed E-state index contributed by atoms with van der Waals surface area (Å²) in [6.45, 7) is 6.41. The molecule has 1 fully saturated rings. The monoisotopic (exact) mass is 356 g/mol. The largest absolute Gasteiger partial charge is 0.481 e. The molecule has 1 aliphatic rings. The van der Waals surface area contributed by atoms with Gasteiger partial charge in [-0.1, -0.05) is 37.3 Å². The zero-order chi connectivity index (χ0) is 18.9. The van der Waals surface area contributed by atoms with Crippen molar-refractivity contribution in [3.8, 4) is 5.69 Å². The van der Waals surface area contributed by atoms with Crippen molar-refractivity contribution in [3.63, 3.8) is 0 Å². The van der Waals surface area contributed by atoms with Crippen molar-refractivity contribution in [3.05, 3.63) is 41.7 Å². The van der Waals surface area contributed by atoms with Crippen LogP contribution >= 0.6 is 0 Å². The van der Waals surface area contributed by atoms with Crippen LogP contribution in [-0.4, -0.2) is 50.0 Å². The average molecular weight is 356 g/mol. The number of nitrogens with zero attached hydrogens (tertiary/aromatic N) is 4. The number of hydrogen-bond donors (Lipinski definition) is 1. The van der Waals surface area contributed by atoms with Gasteiger partial charge in [-0.15, -0.1) is 5.10 Å². The van der Waals surface area contributed by atoms with Crippen LogP contribution in [0.2, 0.25) is 0 Å². The Morgan fingerprint density at radius 1 is 1.27 bits per heavy atom. The van der Waals surface area contributed by atoms with Gasteiger partial charge in [0.1, 0.15) is 0 Å². The zero-order valence-corrected chi connectivity index (χ0v) is 15.3. The maximum absolute atomic E-state index is 12.7. The van der Waals surface area contributed by atoms with Gasteiger partial charge in [0.05, 0.1) is 28.9 Å². The molecule has 1 atom stereocenters. The van der Waals surface area contributed by atoms with Crippen molar-refractivity contribution in [1.29, 1.82) is 0 Å². The van der Waals surface area contributed by atoms with Gasteiger partial charge in [0.15, 0.2) is 0 Å². The third-order valence-electron chi connectivity index (χ3n) is 5.49. The van der Waals surface area contributed by atoms with E-state index in [0.29, 0.717) is 18.7 Å². The molecular weight excluding hydrogens is 332 g/mol. The molecule has 0 bridgehead atoms. The number of amides is 1. The zero-order valence-electron chi connectivity index (χ0n) is 15.3. The lowest BCUT2D eigenvalue weighted by Crippen LogP contribution is -2.41. The standard InChI is InChI=1S/C19H24N4O3/c1-13(2)19(18(25)26)9-10-22(12-19)17(24)11-16-14(3)23(21-20-16)15-7-5-4-6-8-15/h4-8,13H,9-12H2,1-3H3,(H,25,26). The number of carbonyl (C=O) groups excluding carboxylic acids is 1. The molecule has 1 aliphatic heterocycles. The van der Waals surface area contributed by atoms with Crippen LogP contribution in [0.15, 0.2) is 30.3 Å². The smallest absolute Gasteiger partial charge is 0.311 e. The summed E-state index contributed by atoms with van der Waals surface area (Å²) in [4.78, 5) is 26.1. The third kappa shape index (κ3) is 3.09. The van der Waals surface area contributed by atoms with Crippen molar-refractivity contribution in [2.75, 3.05) is 13.1 Å². The van der Waals surface area contributed by atoms with E-state index >= 15 is 0 Å². The topological polar surface area (TPSA) is 88.3 Å². The summed E-state index contributed by atoms with van der Waals surface area (Å²) >= 11 is 0. The minimum Gasteiger partial charge on any atom is -0.481 e. The van der Waals surface area contributed by atoms with Crippen LogP contribution in [0.25, 0.3) is 5.69 Å². The van der Waals surface area contributed by atoms with Crippen LogP contribution in [0.5, 0.6) is 0 Å². The van der Waals surface area contributed by atoms with Crippen LogP contribution in [-0.2, 0) is 16.0 Å². The van der Waals surface area contributed by atoms with E-state index in [-0.39, 0.29) is 24.8 Å². The van der Waals surface area contributed by atoms with E-state index in [4.69, 9.17) is 0 Å². The first-order valence-corrected chi connectivity index (χ1v) is 8.83. The molecule has 1 unspecified atom stereocenters. The van der Waals surface area contributed by atoms with Gasteiger partial charge < -0.3 is 10.0 Å². The van der Waals surface area contributed by atoms with Gasteiger partial charge in [-0.05, 0) is 31.4 Å². The van der Waals surface area contributed by atoms with Crippen LogP contribution in [0, 0.1) is 18.3 Å². The second-order valence-corrected chi connectivity index (χ2v) is 7.23. The Balaban J connectivity index is 1.74. The summed E-state index contributed by atoms with van der Waals surface area (Å²) < 4.78 is 1.71. The van der Waals surface area contributed by atoms with Gasteiger partial charge in [0.2, 0.25) is 5.91 Å². The summed E-state index contributed by atoms with van der Waals surface area (Å²) in [6, 6.07) is 9.62. The van der Waals surface area contributed by atoms with Crippen LogP contribution in [0.3, 0.4) is 0 Å². The number of hydrogen-bond acceptors (Lipinski definition) is 4. The number of aliphatic carboxylic acids is 1. The van der Waals surface area contributed by atoms with Crippen LogP contribution in [0.1, 0.15) is 31.7 Å². The predicted octanol–water partition coefficient (Wildman–Crippen LogP) is 2.08. The maximum Gasteiger partial charge on any atom is 0.311 e. The van der Waals surface area contributed by atoms with E-state index in [1.54, 1.807) is 9.58 Å². The van der Waals surface area contributed by atoms with Gasteiger partial charge in [0.25, 0.3) is 0 Å². The molecule has 7 nitrogen and oxygen atoms in total. The predicted molar refractivity (Wildman–Crippen MR) is 95.9 cm³/mol. The van der Waals surface area contributed by atoms with Crippen molar-refractivity contribution in [2.24, 2.45) is 11.3 Å². The van der Waals surface area contributed by atoms with Gasteiger partial charge in [-0.25, -0.2) is 4.68 Å². The summed E-state index contributed by atoms with van der Waals surface area (Å²) in [5.41, 5.74) is 1.47. The van der Waals surface area contributed by atoms with E-state index in [1.807, 2.05) is 51.1 Å². The van der Waals surface area contributed by atoms with E-state index < -0.39 is 11.4 Å². The van der Waals surface area contributed by atoms with Crippen LogP contribution in [0.4, 0.5) is 0 Å². The molecule has 1 aromatic heterocycles. The van der Waals surface area contributed by atoms with Gasteiger partial charge >= 0.3 is 5.97 Å². The first-order valence-electron chi connectivity index (χ1n) is 8.83. The maximum atomic E-state index is 12.7. The SMILES string of the molecule is Cc1c(CC(=O)N2CCC(C(=O)O)(C(C)C)C2)nnn1-c1ccccc1. The Morgan fingerprint density at radius 2 is 1.96 bits per heavy atom. The molecular formula is C19H24N4O3. The van der Waals surface area contributed by atoms with Crippen molar-refractivity contribution in [2.45, 2.75) is 33.6 Å². The molecule has 0 saturated carbocycles. The highest BCUT2D eigenvalue weighted by atomic mass is 16.4. The average Bonchev–Trinajstić information content (AvgIpc) is 3.22. The van der Waals surface area contributed by atoms with Gasteiger partial charge in [0, 0.05) is 13.1 Å². The number of carboxylic acid groups (broad SMARTS) is 1. The number of carboxylic acids is 1. The first-order chi connectivity index (χ1) is 12.3. The van der Waals surface area contributed by atoms with Crippen molar-refractivity contribution >= 4 is 11.9 Å². The molecule has 0 aliphatic carbocycles. The molecule has 138 valence electrons. The van der Waals surface area contributed by atoms with E-state index in [1.165, 1.54) is 0 Å². The summed E-state index contributed by atoms with van der Waals surface area (Å²) in [6.07, 6.45) is 0.619.